The predicted molar refractivity (Wildman–Crippen MR) is 82.0 cm³/mol. The number of hydrogen-bond donors (Lipinski definition) is 1. The predicted octanol–water partition coefficient (Wildman–Crippen LogP) is 5.04. The summed E-state index contributed by atoms with van der Waals surface area (Å²) in [6.45, 7) is 2.11. The van der Waals surface area contributed by atoms with Crippen molar-refractivity contribution < 1.29 is 4.74 Å². The zero-order valence-corrected chi connectivity index (χ0v) is 12.7. The van der Waals surface area contributed by atoms with Crippen molar-refractivity contribution in [2.45, 2.75) is 19.1 Å². The van der Waals surface area contributed by atoms with E-state index in [0.29, 0.717) is 0 Å². The van der Waals surface area contributed by atoms with E-state index in [1.807, 2.05) is 42.5 Å². The van der Waals surface area contributed by atoms with Crippen molar-refractivity contribution in [2.24, 2.45) is 0 Å². The molecule has 1 aliphatic rings. The Morgan fingerprint density at radius 3 is 2.63 bits per heavy atom. The smallest absolute Gasteiger partial charge is 0.157 e. The second kappa shape index (κ2) is 5.06. The standard InChI is InChI=1S/C15H13BrClNO/c1-9-14(10-5-7-11(17)8-6-10)19-15-12(16)3-2-4-13(15)18-9/h2-9,14,18H,1H3. The summed E-state index contributed by atoms with van der Waals surface area (Å²) in [6.07, 6.45) is -0.0246. The molecule has 0 spiro atoms. The van der Waals surface area contributed by atoms with Crippen molar-refractivity contribution in [3.05, 3.63) is 57.5 Å². The molecular weight excluding hydrogens is 326 g/mol. The van der Waals surface area contributed by atoms with Crippen molar-refractivity contribution in [3.8, 4) is 5.75 Å². The number of halogens is 2. The maximum Gasteiger partial charge on any atom is 0.157 e. The minimum atomic E-state index is -0.0246. The van der Waals surface area contributed by atoms with E-state index in [9.17, 15) is 0 Å². The molecule has 0 radical (unpaired) electrons. The number of nitrogens with one attached hydrogen (secondary N) is 1. The van der Waals surface area contributed by atoms with Crippen molar-refractivity contribution in [3.63, 3.8) is 0 Å². The maximum atomic E-state index is 6.15. The summed E-state index contributed by atoms with van der Waals surface area (Å²) in [5.41, 5.74) is 2.14. The Balaban J connectivity index is 1.97. The van der Waals surface area contributed by atoms with Crippen LogP contribution in [0.15, 0.2) is 46.9 Å². The van der Waals surface area contributed by atoms with E-state index in [1.54, 1.807) is 0 Å². The van der Waals surface area contributed by atoms with Gasteiger partial charge in [-0.2, -0.15) is 0 Å². The molecule has 0 aliphatic carbocycles. The van der Waals surface area contributed by atoms with E-state index in [4.69, 9.17) is 16.3 Å². The Kier molecular flexibility index (Phi) is 3.42. The highest BCUT2D eigenvalue weighted by atomic mass is 79.9. The molecule has 19 heavy (non-hydrogen) atoms. The quantitative estimate of drug-likeness (QED) is 0.787. The van der Waals surface area contributed by atoms with Crippen LogP contribution < -0.4 is 10.1 Å². The molecule has 98 valence electrons. The molecule has 2 atom stereocenters. The number of para-hydroxylation sites is 1. The first-order valence-corrected chi connectivity index (χ1v) is 7.29. The summed E-state index contributed by atoms with van der Waals surface area (Å²) in [5.74, 6) is 0.862. The van der Waals surface area contributed by atoms with Gasteiger partial charge < -0.3 is 10.1 Å². The SMILES string of the molecule is CC1Nc2cccc(Br)c2OC1c1ccc(Cl)cc1. The van der Waals surface area contributed by atoms with Crippen molar-refractivity contribution in [1.82, 2.24) is 0 Å². The monoisotopic (exact) mass is 337 g/mol. The molecule has 0 amide bonds. The first kappa shape index (κ1) is 12.8. The fourth-order valence-corrected chi connectivity index (χ4v) is 2.89. The minimum absolute atomic E-state index is 0.0246. The normalized spacial score (nSPS) is 21.2. The van der Waals surface area contributed by atoms with Gasteiger partial charge in [0.1, 0.15) is 6.10 Å². The topological polar surface area (TPSA) is 21.3 Å². The number of ether oxygens (including phenoxy) is 1. The lowest BCUT2D eigenvalue weighted by atomic mass is 10.0. The number of benzene rings is 2. The molecule has 1 heterocycles. The van der Waals surface area contributed by atoms with E-state index >= 15 is 0 Å². The Morgan fingerprint density at radius 2 is 1.89 bits per heavy atom. The molecule has 0 saturated heterocycles. The van der Waals surface area contributed by atoms with Crippen LogP contribution in [-0.4, -0.2) is 6.04 Å². The van der Waals surface area contributed by atoms with Gasteiger partial charge >= 0.3 is 0 Å². The summed E-state index contributed by atoms with van der Waals surface area (Å²) in [7, 11) is 0. The highest BCUT2D eigenvalue weighted by Crippen LogP contribution is 2.42. The Labute approximate surface area is 125 Å². The van der Waals surface area contributed by atoms with Gasteiger partial charge in [0.15, 0.2) is 5.75 Å². The van der Waals surface area contributed by atoms with Gasteiger partial charge in [-0.05, 0) is 52.7 Å². The van der Waals surface area contributed by atoms with E-state index in [-0.39, 0.29) is 12.1 Å². The summed E-state index contributed by atoms with van der Waals surface area (Å²) < 4.78 is 7.11. The van der Waals surface area contributed by atoms with Crippen molar-refractivity contribution >= 4 is 33.2 Å². The van der Waals surface area contributed by atoms with Crippen LogP contribution in [0, 0.1) is 0 Å². The number of fused-ring (bicyclic) bond motifs is 1. The average molecular weight is 339 g/mol. The lowest BCUT2D eigenvalue weighted by Crippen LogP contribution is -2.32. The fourth-order valence-electron chi connectivity index (χ4n) is 2.30. The third-order valence-corrected chi connectivity index (χ3v) is 4.12. The largest absolute Gasteiger partial charge is 0.480 e. The Bertz CT molecular complexity index is 600. The number of rotatable bonds is 1. The second-order valence-electron chi connectivity index (χ2n) is 4.64. The molecular formula is C15H13BrClNO. The zero-order valence-electron chi connectivity index (χ0n) is 10.4. The molecule has 1 N–H and O–H groups in total. The highest BCUT2D eigenvalue weighted by molar-refractivity contribution is 9.10. The minimum Gasteiger partial charge on any atom is -0.480 e. The van der Waals surface area contributed by atoms with E-state index in [2.05, 4.69) is 28.2 Å². The molecule has 2 nitrogen and oxygen atoms in total. The molecule has 2 unspecified atom stereocenters. The van der Waals surface area contributed by atoms with Crippen LogP contribution in [-0.2, 0) is 0 Å². The summed E-state index contributed by atoms with van der Waals surface area (Å²) in [4.78, 5) is 0. The molecule has 2 aromatic rings. The van der Waals surface area contributed by atoms with Gasteiger partial charge in [-0.1, -0.05) is 29.8 Å². The van der Waals surface area contributed by atoms with Crippen LogP contribution in [0.25, 0.3) is 0 Å². The molecule has 3 rings (SSSR count). The van der Waals surface area contributed by atoms with Crippen molar-refractivity contribution in [2.75, 3.05) is 5.32 Å². The molecule has 0 saturated carbocycles. The van der Waals surface area contributed by atoms with Crippen LogP contribution in [0.5, 0.6) is 5.75 Å². The molecule has 0 aromatic heterocycles. The van der Waals surface area contributed by atoms with Crippen LogP contribution in [0.4, 0.5) is 5.69 Å². The third-order valence-electron chi connectivity index (χ3n) is 3.25. The highest BCUT2D eigenvalue weighted by Gasteiger charge is 2.28. The maximum absolute atomic E-state index is 6.15. The molecule has 4 heteroatoms. The number of hydrogen-bond acceptors (Lipinski definition) is 2. The lowest BCUT2D eigenvalue weighted by molar-refractivity contribution is 0.176. The average Bonchev–Trinajstić information content (AvgIpc) is 2.40. The van der Waals surface area contributed by atoms with E-state index in [0.717, 1.165) is 26.5 Å². The summed E-state index contributed by atoms with van der Waals surface area (Å²) in [5, 5.41) is 4.21. The zero-order chi connectivity index (χ0) is 13.4. The van der Waals surface area contributed by atoms with E-state index < -0.39 is 0 Å². The van der Waals surface area contributed by atoms with Gasteiger partial charge in [-0.3, -0.25) is 0 Å². The van der Waals surface area contributed by atoms with Crippen LogP contribution in [0.1, 0.15) is 18.6 Å². The van der Waals surface area contributed by atoms with Crippen LogP contribution in [0.3, 0.4) is 0 Å². The van der Waals surface area contributed by atoms with Gasteiger partial charge in [0.25, 0.3) is 0 Å². The first-order chi connectivity index (χ1) is 9.15. The van der Waals surface area contributed by atoms with Gasteiger partial charge in [-0.15, -0.1) is 0 Å². The fraction of sp³-hybridized carbons (Fsp3) is 0.200. The first-order valence-electron chi connectivity index (χ1n) is 6.12. The van der Waals surface area contributed by atoms with Gasteiger partial charge in [0.05, 0.1) is 16.2 Å². The summed E-state index contributed by atoms with van der Waals surface area (Å²) >= 11 is 9.46. The molecule has 1 aliphatic heterocycles. The third kappa shape index (κ3) is 2.45. The molecule has 2 aromatic carbocycles. The number of anilines is 1. The van der Waals surface area contributed by atoms with Crippen LogP contribution >= 0.6 is 27.5 Å². The summed E-state index contributed by atoms with van der Waals surface area (Å²) in [6, 6.07) is 14.0. The lowest BCUT2D eigenvalue weighted by Gasteiger charge is -2.34. The Hall–Kier alpha value is -1.19. The van der Waals surface area contributed by atoms with Gasteiger partial charge in [0.2, 0.25) is 0 Å². The van der Waals surface area contributed by atoms with Gasteiger partial charge in [0, 0.05) is 5.02 Å². The van der Waals surface area contributed by atoms with E-state index in [1.165, 1.54) is 0 Å². The molecule has 0 fully saturated rings. The van der Waals surface area contributed by atoms with Crippen molar-refractivity contribution in [1.29, 1.82) is 0 Å². The van der Waals surface area contributed by atoms with Crippen LogP contribution in [0.2, 0.25) is 5.02 Å². The Morgan fingerprint density at radius 1 is 1.16 bits per heavy atom. The second-order valence-corrected chi connectivity index (χ2v) is 5.93. The van der Waals surface area contributed by atoms with Gasteiger partial charge in [-0.25, -0.2) is 0 Å². The molecule has 0 bridgehead atoms.